The lowest BCUT2D eigenvalue weighted by Crippen LogP contribution is -2.12. The Hall–Kier alpha value is -1.79. The van der Waals surface area contributed by atoms with E-state index in [9.17, 15) is 4.79 Å². The van der Waals surface area contributed by atoms with Crippen LogP contribution >= 0.6 is 27.5 Å². The number of ether oxygens (including phenoxy) is 1. The number of rotatable bonds is 3. The van der Waals surface area contributed by atoms with E-state index in [1.54, 1.807) is 24.3 Å². The first-order chi connectivity index (χ1) is 9.51. The van der Waals surface area contributed by atoms with Gasteiger partial charge in [-0.25, -0.2) is 4.98 Å². The Labute approximate surface area is 129 Å². The Morgan fingerprint density at radius 2 is 2.20 bits per heavy atom. The van der Waals surface area contributed by atoms with Crippen molar-refractivity contribution in [3.8, 4) is 5.75 Å². The zero-order chi connectivity index (χ0) is 14.7. The van der Waals surface area contributed by atoms with Gasteiger partial charge in [-0.15, -0.1) is 0 Å². The van der Waals surface area contributed by atoms with E-state index < -0.39 is 0 Å². The predicted octanol–water partition coefficient (Wildman–Crippen LogP) is 3.34. The van der Waals surface area contributed by atoms with E-state index in [0.717, 1.165) is 0 Å². The summed E-state index contributed by atoms with van der Waals surface area (Å²) < 4.78 is 5.68. The quantitative estimate of drug-likeness (QED) is 0.653. The minimum atomic E-state index is -0.292. The lowest BCUT2D eigenvalue weighted by atomic mass is 10.1. The summed E-state index contributed by atoms with van der Waals surface area (Å²) in [5.41, 5.74) is 7.14. The third-order valence-corrected chi connectivity index (χ3v) is 3.68. The minimum absolute atomic E-state index is 0.292. The van der Waals surface area contributed by atoms with Crippen LogP contribution in [0.15, 0.2) is 34.9 Å². The standard InChI is InChI=1S/C13H11BrClN3O2/c1-20-11-4-7(2-3-10(11)16)13(19)18-8-5-9(14)12(15)17-6-8/h2-6H,16H2,1H3,(H,18,19). The number of pyridine rings is 1. The summed E-state index contributed by atoms with van der Waals surface area (Å²) >= 11 is 9.03. The molecule has 0 atom stereocenters. The zero-order valence-corrected chi connectivity index (χ0v) is 12.8. The van der Waals surface area contributed by atoms with Crippen molar-refractivity contribution in [1.29, 1.82) is 0 Å². The molecule has 0 aliphatic carbocycles. The number of halogens is 2. The van der Waals surface area contributed by atoms with Crippen LogP contribution in [0, 0.1) is 0 Å². The van der Waals surface area contributed by atoms with Gasteiger partial charge in [-0.1, -0.05) is 11.6 Å². The molecule has 104 valence electrons. The van der Waals surface area contributed by atoms with Crippen LogP contribution in [0.4, 0.5) is 11.4 Å². The smallest absolute Gasteiger partial charge is 0.255 e. The summed E-state index contributed by atoms with van der Waals surface area (Å²) in [5, 5.41) is 3.04. The number of nitrogens with two attached hydrogens (primary N) is 1. The molecule has 0 saturated carbocycles. The fraction of sp³-hybridized carbons (Fsp3) is 0.0769. The molecule has 0 radical (unpaired) electrons. The van der Waals surface area contributed by atoms with Gasteiger partial charge < -0.3 is 15.8 Å². The van der Waals surface area contributed by atoms with E-state index in [1.807, 2.05) is 0 Å². The molecule has 0 saturated heterocycles. The molecule has 1 aromatic carbocycles. The van der Waals surface area contributed by atoms with Gasteiger partial charge in [-0.05, 0) is 40.2 Å². The molecule has 0 fully saturated rings. The largest absolute Gasteiger partial charge is 0.495 e. The molecule has 1 aromatic heterocycles. The molecule has 0 unspecified atom stereocenters. The van der Waals surface area contributed by atoms with Gasteiger partial charge in [0.1, 0.15) is 10.9 Å². The molecule has 2 aromatic rings. The molecule has 3 N–H and O–H groups in total. The first-order valence-electron chi connectivity index (χ1n) is 5.57. The molecule has 7 heteroatoms. The first kappa shape index (κ1) is 14.6. The Bertz CT molecular complexity index is 664. The van der Waals surface area contributed by atoms with Gasteiger partial charge in [0.05, 0.1) is 29.2 Å². The molecular weight excluding hydrogens is 346 g/mol. The van der Waals surface area contributed by atoms with Crippen molar-refractivity contribution in [1.82, 2.24) is 4.98 Å². The fourth-order valence-corrected chi connectivity index (χ4v) is 2.00. The fourth-order valence-electron chi connectivity index (χ4n) is 1.55. The van der Waals surface area contributed by atoms with Gasteiger partial charge >= 0.3 is 0 Å². The van der Waals surface area contributed by atoms with Crippen molar-refractivity contribution in [2.75, 3.05) is 18.2 Å². The second kappa shape index (κ2) is 6.11. The number of hydrogen-bond donors (Lipinski definition) is 2. The van der Waals surface area contributed by atoms with Crippen molar-refractivity contribution in [2.24, 2.45) is 0 Å². The van der Waals surface area contributed by atoms with E-state index in [0.29, 0.717) is 32.3 Å². The number of hydrogen-bond acceptors (Lipinski definition) is 4. The van der Waals surface area contributed by atoms with Gasteiger partial charge in [-0.2, -0.15) is 0 Å². The number of nitrogens with zero attached hydrogens (tertiary/aromatic N) is 1. The van der Waals surface area contributed by atoms with Crippen LogP contribution in [-0.4, -0.2) is 18.0 Å². The van der Waals surface area contributed by atoms with Crippen LogP contribution in [0.3, 0.4) is 0 Å². The van der Waals surface area contributed by atoms with Crippen LogP contribution in [0.25, 0.3) is 0 Å². The average Bonchev–Trinajstić information content (AvgIpc) is 2.43. The highest BCUT2D eigenvalue weighted by molar-refractivity contribution is 9.10. The highest BCUT2D eigenvalue weighted by atomic mass is 79.9. The van der Waals surface area contributed by atoms with Gasteiger partial charge in [0, 0.05) is 5.56 Å². The predicted molar refractivity (Wildman–Crippen MR) is 82.3 cm³/mol. The lowest BCUT2D eigenvalue weighted by Gasteiger charge is -2.08. The maximum Gasteiger partial charge on any atom is 0.255 e. The maximum atomic E-state index is 12.1. The second-order valence-electron chi connectivity index (χ2n) is 3.91. The molecule has 2 rings (SSSR count). The monoisotopic (exact) mass is 355 g/mol. The SMILES string of the molecule is COc1cc(C(=O)Nc2cnc(Cl)c(Br)c2)ccc1N. The van der Waals surface area contributed by atoms with E-state index in [-0.39, 0.29) is 5.91 Å². The normalized spacial score (nSPS) is 10.2. The Morgan fingerprint density at radius 3 is 2.85 bits per heavy atom. The number of amides is 1. The van der Waals surface area contributed by atoms with Crippen LogP contribution in [0.2, 0.25) is 5.15 Å². The van der Waals surface area contributed by atoms with Crippen molar-refractivity contribution >= 4 is 44.8 Å². The van der Waals surface area contributed by atoms with E-state index in [2.05, 4.69) is 26.2 Å². The molecule has 0 aliphatic heterocycles. The molecule has 0 bridgehead atoms. The lowest BCUT2D eigenvalue weighted by molar-refractivity contribution is 0.102. The number of aromatic nitrogens is 1. The van der Waals surface area contributed by atoms with E-state index in [1.165, 1.54) is 13.3 Å². The summed E-state index contributed by atoms with van der Waals surface area (Å²) in [6.45, 7) is 0. The topological polar surface area (TPSA) is 77.2 Å². The van der Waals surface area contributed by atoms with Crippen molar-refractivity contribution in [3.63, 3.8) is 0 Å². The number of benzene rings is 1. The number of nitrogens with one attached hydrogen (secondary N) is 1. The zero-order valence-electron chi connectivity index (χ0n) is 10.5. The van der Waals surface area contributed by atoms with Crippen LogP contribution < -0.4 is 15.8 Å². The molecular formula is C13H11BrClN3O2. The first-order valence-corrected chi connectivity index (χ1v) is 6.74. The summed E-state index contributed by atoms with van der Waals surface area (Å²) in [6, 6.07) is 6.47. The molecule has 0 aliphatic rings. The minimum Gasteiger partial charge on any atom is -0.495 e. The number of carbonyl (C=O) groups is 1. The van der Waals surface area contributed by atoms with Gasteiger partial charge in [0.25, 0.3) is 5.91 Å². The molecule has 0 spiro atoms. The van der Waals surface area contributed by atoms with Gasteiger partial charge in [-0.3, -0.25) is 4.79 Å². The molecule has 1 heterocycles. The average molecular weight is 357 g/mol. The van der Waals surface area contributed by atoms with Crippen LogP contribution in [-0.2, 0) is 0 Å². The highest BCUT2D eigenvalue weighted by Gasteiger charge is 2.10. The Morgan fingerprint density at radius 1 is 1.45 bits per heavy atom. The maximum absolute atomic E-state index is 12.1. The van der Waals surface area contributed by atoms with Gasteiger partial charge in [0.2, 0.25) is 0 Å². The molecule has 20 heavy (non-hydrogen) atoms. The summed E-state index contributed by atoms with van der Waals surface area (Å²) in [7, 11) is 1.49. The summed E-state index contributed by atoms with van der Waals surface area (Å²) in [4.78, 5) is 16.0. The van der Waals surface area contributed by atoms with Crippen molar-refractivity contribution < 1.29 is 9.53 Å². The highest BCUT2D eigenvalue weighted by Crippen LogP contribution is 2.25. The summed E-state index contributed by atoms with van der Waals surface area (Å²) in [5.74, 6) is 0.160. The van der Waals surface area contributed by atoms with Crippen LogP contribution in [0.1, 0.15) is 10.4 Å². The van der Waals surface area contributed by atoms with Crippen molar-refractivity contribution in [2.45, 2.75) is 0 Å². The van der Waals surface area contributed by atoms with Gasteiger partial charge in [0.15, 0.2) is 0 Å². The number of methoxy groups -OCH3 is 1. The second-order valence-corrected chi connectivity index (χ2v) is 5.12. The Kier molecular flexibility index (Phi) is 4.46. The Balaban J connectivity index is 2.21. The molecule has 5 nitrogen and oxygen atoms in total. The number of anilines is 2. The van der Waals surface area contributed by atoms with E-state index in [4.69, 9.17) is 22.1 Å². The third kappa shape index (κ3) is 3.20. The number of carbonyl (C=O) groups excluding carboxylic acids is 1. The molecule has 1 amide bonds. The van der Waals surface area contributed by atoms with E-state index >= 15 is 0 Å². The number of nitrogen functional groups attached to an aromatic ring is 1. The van der Waals surface area contributed by atoms with Crippen molar-refractivity contribution in [3.05, 3.63) is 45.7 Å². The summed E-state index contributed by atoms with van der Waals surface area (Å²) in [6.07, 6.45) is 1.47. The third-order valence-electron chi connectivity index (χ3n) is 2.55. The van der Waals surface area contributed by atoms with Crippen LogP contribution in [0.5, 0.6) is 5.75 Å².